The fourth-order valence-electron chi connectivity index (χ4n) is 3.31. The highest BCUT2D eigenvalue weighted by Crippen LogP contribution is 2.58. The van der Waals surface area contributed by atoms with E-state index in [4.69, 9.17) is 10.5 Å². The van der Waals surface area contributed by atoms with Crippen LogP contribution in [0.25, 0.3) is 0 Å². The highest BCUT2D eigenvalue weighted by molar-refractivity contribution is 8.01. The Balaban J connectivity index is 2.20. The number of hydrogen-bond acceptors (Lipinski definition) is 9. The standard InChI is InChI=1S/C15H18N4O6S2/c1-7(20)18-15(9-4-26-13(16)17-9)14(12(23)24,6-25-8(2)21)5-19-10(22)3-11(19)27-15/h4,11H,3,5-6H2,1-2H3,(H2,16,17)(H,18,20)(H,23,24)/t11-,14?,15?/m1/s1. The van der Waals surface area contributed by atoms with Crippen LogP contribution in [0.4, 0.5) is 5.13 Å². The van der Waals surface area contributed by atoms with Gasteiger partial charge in [-0.15, -0.1) is 23.1 Å². The molecule has 0 aliphatic carbocycles. The Morgan fingerprint density at radius 3 is 2.67 bits per heavy atom. The number of thiazole rings is 1. The predicted molar refractivity (Wildman–Crippen MR) is 96.4 cm³/mol. The lowest BCUT2D eigenvalue weighted by atomic mass is 9.76. The van der Waals surface area contributed by atoms with Crippen molar-refractivity contribution in [1.82, 2.24) is 15.2 Å². The number of β-lactam (4-membered cyclic amide) rings is 1. The quantitative estimate of drug-likeness (QED) is 0.445. The highest BCUT2D eigenvalue weighted by atomic mass is 32.2. The van der Waals surface area contributed by atoms with Gasteiger partial charge in [0.15, 0.2) is 15.4 Å². The molecule has 0 aromatic carbocycles. The van der Waals surface area contributed by atoms with Crippen LogP contribution < -0.4 is 11.1 Å². The maximum absolute atomic E-state index is 12.5. The molecule has 3 rings (SSSR count). The Morgan fingerprint density at radius 1 is 1.48 bits per heavy atom. The van der Waals surface area contributed by atoms with E-state index < -0.39 is 34.7 Å². The number of rotatable bonds is 5. The van der Waals surface area contributed by atoms with E-state index >= 15 is 0 Å². The molecule has 27 heavy (non-hydrogen) atoms. The number of amides is 2. The Hall–Kier alpha value is -2.34. The molecule has 1 aromatic heterocycles. The van der Waals surface area contributed by atoms with Gasteiger partial charge in [-0.05, 0) is 0 Å². The van der Waals surface area contributed by atoms with Crippen molar-refractivity contribution in [2.24, 2.45) is 5.41 Å². The topological polar surface area (TPSA) is 152 Å². The number of nitrogens with zero attached hydrogens (tertiary/aromatic N) is 2. The number of nitrogen functional groups attached to an aromatic ring is 1. The summed E-state index contributed by atoms with van der Waals surface area (Å²) in [6.45, 7) is 1.64. The lowest BCUT2D eigenvalue weighted by Crippen LogP contribution is -2.73. The highest BCUT2D eigenvalue weighted by Gasteiger charge is 2.68. The van der Waals surface area contributed by atoms with Crippen LogP contribution >= 0.6 is 23.1 Å². The van der Waals surface area contributed by atoms with Crippen LogP contribution in [0.5, 0.6) is 0 Å². The number of fused-ring (bicyclic) bond motifs is 1. The number of nitrogens with one attached hydrogen (secondary N) is 1. The van der Waals surface area contributed by atoms with Gasteiger partial charge in [-0.1, -0.05) is 0 Å². The molecule has 2 aliphatic rings. The Bertz CT molecular complexity index is 829. The van der Waals surface area contributed by atoms with Crippen molar-refractivity contribution in [3.63, 3.8) is 0 Å². The molecule has 2 amide bonds. The first-order chi connectivity index (χ1) is 12.6. The van der Waals surface area contributed by atoms with Crippen LogP contribution in [0.15, 0.2) is 5.38 Å². The van der Waals surface area contributed by atoms with Crippen LogP contribution in [0.3, 0.4) is 0 Å². The van der Waals surface area contributed by atoms with Crippen molar-refractivity contribution in [3.8, 4) is 0 Å². The first-order valence-electron chi connectivity index (χ1n) is 7.95. The Morgan fingerprint density at radius 2 is 2.19 bits per heavy atom. The molecular formula is C15H18N4O6S2. The van der Waals surface area contributed by atoms with Gasteiger partial charge in [0, 0.05) is 25.8 Å². The third kappa shape index (κ3) is 3.02. The van der Waals surface area contributed by atoms with Crippen LogP contribution in [0, 0.1) is 5.41 Å². The second-order valence-corrected chi connectivity index (χ2v) is 8.68. The summed E-state index contributed by atoms with van der Waals surface area (Å²) in [6.07, 6.45) is 0.217. The summed E-state index contributed by atoms with van der Waals surface area (Å²) in [5.74, 6) is -2.68. The van der Waals surface area contributed by atoms with Crippen molar-refractivity contribution in [1.29, 1.82) is 0 Å². The molecule has 0 bridgehead atoms. The van der Waals surface area contributed by atoms with Gasteiger partial charge in [-0.25, -0.2) is 4.98 Å². The number of esters is 1. The molecule has 2 unspecified atom stereocenters. The molecule has 0 spiro atoms. The summed E-state index contributed by atoms with van der Waals surface area (Å²) < 4.78 is 5.08. The zero-order valence-electron chi connectivity index (χ0n) is 14.6. The Kier molecular flexibility index (Phi) is 4.80. The summed E-state index contributed by atoms with van der Waals surface area (Å²) in [4.78, 5) is 52.0. The molecule has 2 saturated heterocycles. The van der Waals surface area contributed by atoms with Crippen LogP contribution in [-0.2, 0) is 28.8 Å². The summed E-state index contributed by atoms with van der Waals surface area (Å²) >= 11 is 2.21. The number of hydrogen-bond donors (Lipinski definition) is 3. The SMILES string of the molecule is CC(=O)NC1(c2csc(N)n2)S[C@@H]2CC(=O)N2CC1(COC(C)=O)C(=O)O. The summed E-state index contributed by atoms with van der Waals surface area (Å²) in [5.41, 5.74) is 4.15. The second-order valence-electron chi connectivity index (χ2n) is 6.40. The zero-order chi connectivity index (χ0) is 20.0. The molecule has 146 valence electrons. The summed E-state index contributed by atoms with van der Waals surface area (Å²) in [5, 5.41) is 14.4. The van der Waals surface area contributed by atoms with Gasteiger partial charge in [0.2, 0.25) is 11.8 Å². The largest absolute Gasteiger partial charge is 0.481 e. The van der Waals surface area contributed by atoms with E-state index in [-0.39, 0.29) is 35.1 Å². The lowest BCUT2D eigenvalue weighted by molar-refractivity contribution is -0.170. The number of anilines is 1. The monoisotopic (exact) mass is 414 g/mol. The van der Waals surface area contributed by atoms with E-state index in [2.05, 4.69) is 10.3 Å². The third-order valence-corrected chi connectivity index (χ3v) is 7.03. The van der Waals surface area contributed by atoms with Gasteiger partial charge in [-0.2, -0.15) is 0 Å². The van der Waals surface area contributed by atoms with Gasteiger partial charge < -0.3 is 25.8 Å². The second kappa shape index (κ2) is 6.68. The number of carbonyl (C=O) groups excluding carboxylic acids is 3. The molecule has 12 heteroatoms. The smallest absolute Gasteiger partial charge is 0.318 e. The fourth-order valence-corrected chi connectivity index (χ4v) is 5.81. The number of carboxylic acids is 1. The number of thioether (sulfide) groups is 1. The molecule has 4 N–H and O–H groups in total. The predicted octanol–water partition coefficient (Wildman–Crippen LogP) is -0.0465. The van der Waals surface area contributed by atoms with E-state index in [1.54, 1.807) is 5.38 Å². The number of nitrogens with two attached hydrogens (primary N) is 1. The number of aliphatic carboxylic acids is 1. The molecule has 2 aliphatic heterocycles. The lowest BCUT2D eigenvalue weighted by Gasteiger charge is -2.58. The summed E-state index contributed by atoms with van der Waals surface area (Å²) in [7, 11) is 0. The van der Waals surface area contributed by atoms with Crippen molar-refractivity contribution in [3.05, 3.63) is 11.1 Å². The molecule has 10 nitrogen and oxygen atoms in total. The van der Waals surface area contributed by atoms with Crippen molar-refractivity contribution in [2.45, 2.75) is 30.5 Å². The van der Waals surface area contributed by atoms with Crippen molar-refractivity contribution in [2.75, 3.05) is 18.9 Å². The minimum absolute atomic E-state index is 0.199. The van der Waals surface area contributed by atoms with Crippen LogP contribution in [-0.4, -0.2) is 57.3 Å². The van der Waals surface area contributed by atoms with E-state index in [1.807, 2.05) is 0 Å². The van der Waals surface area contributed by atoms with Gasteiger partial charge in [0.05, 0.1) is 17.5 Å². The number of carbonyl (C=O) groups is 4. The van der Waals surface area contributed by atoms with Gasteiger partial charge in [0.25, 0.3) is 0 Å². The van der Waals surface area contributed by atoms with E-state index in [0.717, 1.165) is 30.0 Å². The van der Waals surface area contributed by atoms with E-state index in [1.165, 1.54) is 11.8 Å². The van der Waals surface area contributed by atoms with Crippen LogP contribution in [0.1, 0.15) is 26.0 Å². The zero-order valence-corrected chi connectivity index (χ0v) is 16.2. The third-order valence-electron chi connectivity index (χ3n) is 4.61. The first kappa shape index (κ1) is 19.4. The normalized spacial score (nSPS) is 29.5. The fraction of sp³-hybridized carbons (Fsp3) is 0.533. The molecular weight excluding hydrogens is 396 g/mol. The molecule has 3 atom stereocenters. The van der Waals surface area contributed by atoms with Gasteiger partial charge in [-0.3, -0.25) is 19.2 Å². The average molecular weight is 414 g/mol. The molecule has 1 aromatic rings. The van der Waals surface area contributed by atoms with Crippen molar-refractivity contribution < 1.29 is 29.0 Å². The number of carboxylic acid groups (broad SMARTS) is 1. The van der Waals surface area contributed by atoms with E-state index in [9.17, 15) is 24.3 Å². The maximum Gasteiger partial charge on any atom is 0.318 e. The van der Waals surface area contributed by atoms with Crippen LogP contribution in [0.2, 0.25) is 0 Å². The maximum atomic E-state index is 12.5. The number of ether oxygens (including phenoxy) is 1. The molecule has 0 radical (unpaired) electrons. The number of aromatic nitrogens is 1. The van der Waals surface area contributed by atoms with Gasteiger partial charge >= 0.3 is 11.9 Å². The van der Waals surface area contributed by atoms with Gasteiger partial charge in [0.1, 0.15) is 6.61 Å². The Labute approximate surface area is 162 Å². The van der Waals surface area contributed by atoms with E-state index in [0.29, 0.717) is 0 Å². The minimum atomic E-state index is -1.85. The average Bonchev–Trinajstić information content (AvgIpc) is 2.99. The molecule has 0 saturated carbocycles. The molecule has 2 fully saturated rings. The summed E-state index contributed by atoms with van der Waals surface area (Å²) in [6, 6.07) is 0. The molecule has 3 heterocycles. The van der Waals surface area contributed by atoms with Crippen molar-refractivity contribution >= 4 is 52.0 Å². The first-order valence-corrected chi connectivity index (χ1v) is 9.71. The minimum Gasteiger partial charge on any atom is -0.481 e.